The maximum absolute atomic E-state index is 11.8. The summed E-state index contributed by atoms with van der Waals surface area (Å²) in [7, 11) is 0. The number of carbonyl (C=O) groups is 2. The molecule has 2 aromatic rings. The van der Waals surface area contributed by atoms with Gasteiger partial charge in [0.1, 0.15) is 11.6 Å². The molecule has 0 atom stereocenters. The highest BCUT2D eigenvalue weighted by Crippen LogP contribution is 2.23. The number of hydrogen-bond acceptors (Lipinski definition) is 5. The van der Waals surface area contributed by atoms with Crippen LogP contribution in [0.2, 0.25) is 0 Å². The standard InChI is InChI=1S/C14H18N4O3S/c1-14(2,3)10-8-22-12(17-10)5-15-11(19)7-18-6-9(4-16-18)13(20)21/h4,6,8H,5,7H2,1-3H3,(H,15,19)(H,20,21). The molecule has 0 aliphatic heterocycles. The van der Waals surface area contributed by atoms with Gasteiger partial charge in [-0.25, -0.2) is 9.78 Å². The van der Waals surface area contributed by atoms with Crippen molar-refractivity contribution >= 4 is 23.2 Å². The number of nitrogens with zero attached hydrogens (tertiary/aromatic N) is 3. The van der Waals surface area contributed by atoms with Crippen LogP contribution in [0.1, 0.15) is 41.8 Å². The van der Waals surface area contributed by atoms with Crippen LogP contribution in [0.15, 0.2) is 17.8 Å². The van der Waals surface area contributed by atoms with Gasteiger partial charge in [-0.15, -0.1) is 11.3 Å². The van der Waals surface area contributed by atoms with Gasteiger partial charge in [0.2, 0.25) is 5.91 Å². The first-order valence-corrected chi connectivity index (χ1v) is 7.61. The van der Waals surface area contributed by atoms with Gasteiger partial charge in [-0.05, 0) is 0 Å². The number of carboxylic acid groups (broad SMARTS) is 1. The normalized spacial score (nSPS) is 11.4. The van der Waals surface area contributed by atoms with Crippen LogP contribution in [0.5, 0.6) is 0 Å². The van der Waals surface area contributed by atoms with Gasteiger partial charge in [-0.2, -0.15) is 5.10 Å². The molecule has 0 aliphatic carbocycles. The highest BCUT2D eigenvalue weighted by molar-refractivity contribution is 7.09. The number of hydrogen-bond donors (Lipinski definition) is 2. The van der Waals surface area contributed by atoms with Gasteiger partial charge in [-0.3, -0.25) is 9.48 Å². The maximum atomic E-state index is 11.8. The van der Waals surface area contributed by atoms with E-state index in [1.807, 2.05) is 5.38 Å². The topological polar surface area (TPSA) is 97.1 Å². The number of rotatable bonds is 5. The van der Waals surface area contributed by atoms with Crippen molar-refractivity contribution in [2.24, 2.45) is 0 Å². The summed E-state index contributed by atoms with van der Waals surface area (Å²) in [5.74, 6) is -1.31. The average molecular weight is 322 g/mol. The van der Waals surface area contributed by atoms with Gasteiger partial charge < -0.3 is 10.4 Å². The smallest absolute Gasteiger partial charge is 0.338 e. The van der Waals surface area contributed by atoms with Crippen LogP contribution in [-0.2, 0) is 23.3 Å². The van der Waals surface area contributed by atoms with Crippen molar-refractivity contribution in [3.05, 3.63) is 34.0 Å². The number of carbonyl (C=O) groups excluding carboxylic acids is 1. The molecular formula is C14H18N4O3S. The lowest BCUT2D eigenvalue weighted by molar-refractivity contribution is -0.122. The number of thiazole rings is 1. The lowest BCUT2D eigenvalue weighted by atomic mass is 9.93. The van der Waals surface area contributed by atoms with Gasteiger partial charge >= 0.3 is 5.97 Å². The Morgan fingerprint density at radius 3 is 2.68 bits per heavy atom. The van der Waals surface area contributed by atoms with Crippen LogP contribution >= 0.6 is 11.3 Å². The molecule has 0 unspecified atom stereocenters. The number of aromatic carboxylic acids is 1. The van der Waals surface area contributed by atoms with E-state index in [4.69, 9.17) is 5.11 Å². The second-order valence-electron chi connectivity index (χ2n) is 5.88. The van der Waals surface area contributed by atoms with E-state index in [1.165, 1.54) is 28.4 Å². The minimum atomic E-state index is -1.07. The lowest BCUT2D eigenvalue weighted by Crippen LogP contribution is -2.27. The van der Waals surface area contributed by atoms with Gasteiger partial charge in [0, 0.05) is 17.0 Å². The van der Waals surface area contributed by atoms with E-state index in [-0.39, 0.29) is 23.4 Å². The average Bonchev–Trinajstić information content (AvgIpc) is 3.04. The van der Waals surface area contributed by atoms with Crippen molar-refractivity contribution in [2.45, 2.75) is 39.3 Å². The molecule has 2 rings (SSSR count). The summed E-state index contributed by atoms with van der Waals surface area (Å²) in [5, 5.41) is 18.2. The Hall–Kier alpha value is -2.22. The minimum Gasteiger partial charge on any atom is -0.478 e. The van der Waals surface area contributed by atoms with Crippen molar-refractivity contribution in [3.63, 3.8) is 0 Å². The monoisotopic (exact) mass is 322 g/mol. The fraction of sp³-hybridized carbons (Fsp3) is 0.429. The Bertz CT molecular complexity index is 684. The largest absolute Gasteiger partial charge is 0.478 e. The molecule has 2 aromatic heterocycles. The van der Waals surface area contributed by atoms with E-state index < -0.39 is 5.97 Å². The number of aromatic nitrogens is 3. The summed E-state index contributed by atoms with van der Waals surface area (Å²) < 4.78 is 1.29. The van der Waals surface area contributed by atoms with E-state index in [9.17, 15) is 9.59 Å². The quantitative estimate of drug-likeness (QED) is 0.872. The second kappa shape index (κ2) is 6.27. The van der Waals surface area contributed by atoms with Crippen LogP contribution in [0.3, 0.4) is 0 Å². The molecule has 22 heavy (non-hydrogen) atoms. The zero-order chi connectivity index (χ0) is 16.3. The van der Waals surface area contributed by atoms with Crippen molar-refractivity contribution in [2.75, 3.05) is 0 Å². The maximum Gasteiger partial charge on any atom is 0.338 e. The fourth-order valence-corrected chi connectivity index (χ4v) is 2.63. The first-order valence-electron chi connectivity index (χ1n) is 6.73. The van der Waals surface area contributed by atoms with E-state index in [0.29, 0.717) is 6.54 Å². The van der Waals surface area contributed by atoms with Crippen molar-refractivity contribution in [1.29, 1.82) is 0 Å². The van der Waals surface area contributed by atoms with E-state index in [0.717, 1.165) is 10.7 Å². The van der Waals surface area contributed by atoms with Crippen molar-refractivity contribution in [1.82, 2.24) is 20.1 Å². The van der Waals surface area contributed by atoms with Crippen LogP contribution in [-0.4, -0.2) is 31.7 Å². The predicted molar refractivity (Wildman–Crippen MR) is 81.8 cm³/mol. The van der Waals surface area contributed by atoms with Crippen molar-refractivity contribution in [3.8, 4) is 0 Å². The highest BCUT2D eigenvalue weighted by Gasteiger charge is 2.17. The molecule has 118 valence electrons. The van der Waals surface area contributed by atoms with Gasteiger partial charge in [0.15, 0.2) is 0 Å². The highest BCUT2D eigenvalue weighted by atomic mass is 32.1. The van der Waals surface area contributed by atoms with Gasteiger partial charge in [-0.1, -0.05) is 20.8 Å². The van der Waals surface area contributed by atoms with Crippen molar-refractivity contribution < 1.29 is 14.7 Å². The van der Waals surface area contributed by atoms with Gasteiger partial charge in [0.25, 0.3) is 0 Å². The van der Waals surface area contributed by atoms with Crippen LogP contribution in [0.4, 0.5) is 0 Å². The third kappa shape index (κ3) is 4.14. The molecule has 1 amide bonds. The molecule has 0 aliphatic rings. The van der Waals surface area contributed by atoms with E-state index in [2.05, 4.69) is 36.2 Å². The molecule has 0 saturated carbocycles. The first kappa shape index (κ1) is 16.2. The number of amides is 1. The molecular weight excluding hydrogens is 304 g/mol. The van der Waals surface area contributed by atoms with Gasteiger partial charge in [0.05, 0.1) is 24.0 Å². The zero-order valence-corrected chi connectivity index (χ0v) is 13.5. The van der Waals surface area contributed by atoms with E-state index in [1.54, 1.807) is 0 Å². The first-order chi connectivity index (χ1) is 10.3. The third-order valence-electron chi connectivity index (χ3n) is 2.94. The molecule has 7 nitrogen and oxygen atoms in total. The summed E-state index contributed by atoms with van der Waals surface area (Å²) >= 11 is 1.51. The zero-order valence-electron chi connectivity index (χ0n) is 12.7. The molecule has 8 heteroatoms. The molecule has 0 bridgehead atoms. The fourth-order valence-electron chi connectivity index (χ4n) is 1.67. The number of nitrogens with one attached hydrogen (secondary N) is 1. The summed E-state index contributed by atoms with van der Waals surface area (Å²) in [6.07, 6.45) is 2.54. The minimum absolute atomic E-state index is 0.0128. The SMILES string of the molecule is CC(C)(C)c1csc(CNC(=O)Cn2cc(C(=O)O)cn2)n1. The molecule has 0 spiro atoms. The van der Waals surface area contributed by atoms with Crippen LogP contribution in [0.25, 0.3) is 0 Å². The molecule has 0 fully saturated rings. The van der Waals surface area contributed by atoms with Crippen LogP contribution < -0.4 is 5.32 Å². The predicted octanol–water partition coefficient (Wildman–Crippen LogP) is 1.65. The van der Waals surface area contributed by atoms with Crippen LogP contribution in [0, 0.1) is 0 Å². The Balaban J connectivity index is 1.87. The molecule has 2 heterocycles. The summed E-state index contributed by atoms with van der Waals surface area (Å²) in [5.41, 5.74) is 1.04. The Kier molecular flexibility index (Phi) is 4.60. The third-order valence-corrected chi connectivity index (χ3v) is 3.79. The Morgan fingerprint density at radius 2 is 2.14 bits per heavy atom. The molecule has 0 saturated heterocycles. The molecule has 0 radical (unpaired) electrons. The lowest BCUT2D eigenvalue weighted by Gasteiger charge is -2.14. The Morgan fingerprint density at radius 1 is 1.41 bits per heavy atom. The second-order valence-corrected chi connectivity index (χ2v) is 6.83. The molecule has 2 N–H and O–H groups in total. The summed E-state index contributed by atoms with van der Waals surface area (Å²) in [4.78, 5) is 27.1. The summed E-state index contributed by atoms with van der Waals surface area (Å²) in [6.45, 7) is 6.59. The molecule has 0 aromatic carbocycles. The number of carboxylic acids is 1. The van der Waals surface area contributed by atoms with E-state index >= 15 is 0 Å². The Labute approximate surface area is 132 Å². The summed E-state index contributed by atoms with van der Waals surface area (Å²) in [6, 6.07) is 0.